The average Bonchev–Trinajstić information content (AvgIpc) is 2.97. The van der Waals surface area contributed by atoms with Gasteiger partial charge in [0, 0.05) is 80.4 Å². The maximum absolute atomic E-state index is 13.0. The Morgan fingerprint density at radius 3 is 2.51 bits per heavy atom. The second-order valence-corrected chi connectivity index (χ2v) is 9.62. The first kappa shape index (κ1) is 26.4. The number of aromatic nitrogens is 3. The third-order valence-corrected chi connectivity index (χ3v) is 6.84. The molecule has 0 atom stereocenters. The Hall–Kier alpha value is -4.21. The summed E-state index contributed by atoms with van der Waals surface area (Å²) in [5, 5.41) is 6.26. The fourth-order valence-electron chi connectivity index (χ4n) is 4.56. The minimum absolute atomic E-state index is 0.175. The number of carbonyl (C=O) groups is 1. The first-order chi connectivity index (χ1) is 19.1. The first-order valence-electron chi connectivity index (χ1n) is 13.1. The summed E-state index contributed by atoms with van der Waals surface area (Å²) in [7, 11) is 0. The lowest BCUT2D eigenvalue weighted by Gasteiger charge is -2.34. The molecule has 0 aliphatic carbocycles. The topological polar surface area (TPSA) is 86.3 Å². The number of pyridine rings is 1. The minimum Gasteiger partial charge on any atom is -0.324 e. The first-order valence-corrected chi connectivity index (χ1v) is 13.1. The van der Waals surface area contributed by atoms with E-state index in [2.05, 4.69) is 35.4 Å². The number of carbonyl (C=O) groups excluding carboxylic acids is 1. The predicted molar refractivity (Wildman–Crippen MR) is 152 cm³/mol. The summed E-state index contributed by atoms with van der Waals surface area (Å²) < 4.78 is 12.6. The third-order valence-electron chi connectivity index (χ3n) is 6.84. The van der Waals surface area contributed by atoms with Gasteiger partial charge in [-0.3, -0.25) is 19.6 Å². The van der Waals surface area contributed by atoms with Gasteiger partial charge in [-0.25, -0.2) is 14.4 Å². The number of amides is 1. The smallest absolute Gasteiger partial charge is 0.255 e. The molecule has 3 heterocycles. The monoisotopic (exact) mass is 524 g/mol. The van der Waals surface area contributed by atoms with Crippen LogP contribution in [0.5, 0.6) is 0 Å². The number of anilines is 3. The van der Waals surface area contributed by atoms with Crippen LogP contribution in [0.2, 0.25) is 0 Å². The summed E-state index contributed by atoms with van der Waals surface area (Å²) >= 11 is 0. The van der Waals surface area contributed by atoms with Crippen molar-refractivity contribution in [3.8, 4) is 11.3 Å². The van der Waals surface area contributed by atoms with Crippen molar-refractivity contribution >= 4 is 23.2 Å². The number of aryl methyl sites for hydroxylation is 1. The minimum atomic E-state index is -0.293. The van der Waals surface area contributed by atoms with E-state index in [4.69, 9.17) is 0 Å². The molecular weight excluding hydrogens is 492 g/mol. The van der Waals surface area contributed by atoms with Gasteiger partial charge < -0.3 is 10.6 Å². The van der Waals surface area contributed by atoms with Gasteiger partial charge in [0.15, 0.2) is 0 Å². The molecule has 1 aliphatic heterocycles. The lowest BCUT2D eigenvalue weighted by molar-refractivity contribution is 0.102. The lowest BCUT2D eigenvalue weighted by Crippen LogP contribution is -2.46. The van der Waals surface area contributed by atoms with E-state index in [1.54, 1.807) is 18.6 Å². The lowest BCUT2D eigenvalue weighted by atomic mass is 10.1. The van der Waals surface area contributed by atoms with Crippen LogP contribution in [-0.2, 0) is 6.54 Å². The van der Waals surface area contributed by atoms with Gasteiger partial charge in [-0.15, -0.1) is 0 Å². The molecule has 1 saturated heterocycles. The highest BCUT2D eigenvalue weighted by Gasteiger charge is 2.17. The van der Waals surface area contributed by atoms with E-state index < -0.39 is 0 Å². The quantitative estimate of drug-likeness (QED) is 0.321. The number of alkyl halides is 1. The Balaban J connectivity index is 1.20. The molecule has 2 aromatic heterocycles. The maximum Gasteiger partial charge on any atom is 0.255 e. The van der Waals surface area contributed by atoms with Crippen LogP contribution in [0, 0.1) is 6.92 Å². The second kappa shape index (κ2) is 12.6. The molecule has 4 aromatic rings. The van der Waals surface area contributed by atoms with Crippen molar-refractivity contribution in [1.29, 1.82) is 0 Å². The van der Waals surface area contributed by atoms with Gasteiger partial charge >= 0.3 is 0 Å². The van der Waals surface area contributed by atoms with E-state index in [0.29, 0.717) is 23.7 Å². The van der Waals surface area contributed by atoms with Gasteiger partial charge in [0.1, 0.15) is 6.67 Å². The van der Waals surface area contributed by atoms with Crippen LogP contribution in [0.25, 0.3) is 11.3 Å². The van der Waals surface area contributed by atoms with Crippen molar-refractivity contribution < 1.29 is 9.18 Å². The molecule has 8 nitrogen and oxygen atoms in total. The van der Waals surface area contributed by atoms with E-state index in [9.17, 15) is 9.18 Å². The number of benzene rings is 2. The number of piperazine rings is 1. The Morgan fingerprint density at radius 2 is 1.77 bits per heavy atom. The molecule has 0 spiro atoms. The maximum atomic E-state index is 13.0. The zero-order valence-electron chi connectivity index (χ0n) is 22.0. The zero-order valence-corrected chi connectivity index (χ0v) is 22.0. The summed E-state index contributed by atoms with van der Waals surface area (Å²) in [4.78, 5) is 30.6. The average molecular weight is 525 g/mol. The van der Waals surface area contributed by atoms with E-state index in [-0.39, 0.29) is 12.6 Å². The summed E-state index contributed by atoms with van der Waals surface area (Å²) in [6.45, 7) is 6.65. The highest BCUT2D eigenvalue weighted by atomic mass is 18.2. The number of hydrogen-bond donors (Lipinski definition) is 2. The number of nitrogens with one attached hydrogen (secondary N) is 2. The van der Waals surface area contributed by atoms with Crippen molar-refractivity contribution in [2.24, 2.45) is 0 Å². The number of hydrogen-bond acceptors (Lipinski definition) is 7. The van der Waals surface area contributed by atoms with Crippen LogP contribution in [-0.4, -0.2) is 70.1 Å². The van der Waals surface area contributed by atoms with E-state index in [1.165, 1.54) is 0 Å². The van der Waals surface area contributed by atoms with Crippen molar-refractivity contribution in [2.75, 3.05) is 50.0 Å². The van der Waals surface area contributed by atoms with Crippen LogP contribution < -0.4 is 10.6 Å². The number of nitrogens with zero attached hydrogens (tertiary/aromatic N) is 5. The van der Waals surface area contributed by atoms with Gasteiger partial charge in [-0.1, -0.05) is 18.2 Å². The van der Waals surface area contributed by atoms with Crippen molar-refractivity contribution in [2.45, 2.75) is 13.5 Å². The summed E-state index contributed by atoms with van der Waals surface area (Å²) in [6.07, 6.45) is 5.19. The van der Waals surface area contributed by atoms with Gasteiger partial charge in [0.05, 0.1) is 5.69 Å². The highest BCUT2D eigenvalue weighted by molar-refractivity contribution is 6.04. The largest absolute Gasteiger partial charge is 0.324 e. The molecule has 1 amide bonds. The Morgan fingerprint density at radius 1 is 0.974 bits per heavy atom. The molecule has 0 bridgehead atoms. The van der Waals surface area contributed by atoms with Crippen LogP contribution in [0.3, 0.4) is 0 Å². The molecule has 1 fully saturated rings. The van der Waals surface area contributed by atoms with Gasteiger partial charge in [-0.2, -0.15) is 0 Å². The molecule has 1 aliphatic rings. The van der Waals surface area contributed by atoms with Crippen molar-refractivity contribution in [3.63, 3.8) is 0 Å². The molecule has 9 heteroatoms. The standard InChI is InChI=1S/C30H32FN7O/c1-22-4-9-26(19-28(22)36-30-33-13-10-27(35-30)25-3-2-12-32-20-25)34-29(39)24-7-5-23(6-8-24)21-38-17-15-37(14-11-31)16-18-38/h2-10,12-13,19-20H,11,14-18,21H2,1H3,(H,34,39)(H,33,35,36)/i31-1. The Kier molecular flexibility index (Phi) is 8.50. The second-order valence-electron chi connectivity index (χ2n) is 9.62. The molecule has 39 heavy (non-hydrogen) atoms. The van der Waals surface area contributed by atoms with E-state index >= 15 is 0 Å². The normalized spacial score (nSPS) is 14.2. The molecule has 5 rings (SSSR count). The summed E-state index contributed by atoms with van der Waals surface area (Å²) in [6, 6.07) is 19.1. The molecule has 0 radical (unpaired) electrons. The number of rotatable bonds is 9. The van der Waals surface area contributed by atoms with Gasteiger partial charge in [0.25, 0.3) is 5.91 Å². The zero-order chi connectivity index (χ0) is 27.0. The molecule has 2 aromatic carbocycles. The van der Waals surface area contributed by atoms with Gasteiger partial charge in [0.2, 0.25) is 5.95 Å². The van der Waals surface area contributed by atoms with Crippen molar-refractivity contribution in [3.05, 3.63) is 95.9 Å². The predicted octanol–water partition coefficient (Wildman–Crippen LogP) is 4.93. The van der Waals surface area contributed by atoms with Crippen molar-refractivity contribution in [1.82, 2.24) is 24.8 Å². The van der Waals surface area contributed by atoms with Gasteiger partial charge in [-0.05, 0) is 60.5 Å². The summed E-state index contributed by atoms with van der Waals surface area (Å²) in [5.74, 6) is 0.286. The Bertz CT molecular complexity index is 1390. The SMILES string of the molecule is Cc1ccc(NC(=O)c2ccc(CN3CCN(CC[18F])CC3)cc2)cc1Nc1nccc(-c2cccnc2)n1. The van der Waals surface area contributed by atoms with Crippen LogP contribution >= 0.6 is 0 Å². The fourth-order valence-corrected chi connectivity index (χ4v) is 4.56. The van der Waals surface area contributed by atoms with Crippen LogP contribution in [0.4, 0.5) is 21.7 Å². The Labute approximate surface area is 227 Å². The van der Waals surface area contributed by atoms with E-state index in [1.807, 2.05) is 67.6 Å². The van der Waals surface area contributed by atoms with Crippen LogP contribution in [0.15, 0.2) is 79.3 Å². The third kappa shape index (κ3) is 7.01. The van der Waals surface area contributed by atoms with Crippen LogP contribution in [0.1, 0.15) is 21.5 Å². The highest BCUT2D eigenvalue weighted by Crippen LogP contribution is 2.25. The number of halogens is 1. The fraction of sp³-hybridized carbons (Fsp3) is 0.267. The molecule has 0 saturated carbocycles. The molecule has 0 unspecified atom stereocenters. The molecule has 200 valence electrons. The molecule has 2 N–H and O–H groups in total. The van der Waals surface area contributed by atoms with E-state index in [0.717, 1.165) is 60.8 Å². The summed E-state index contributed by atoms with van der Waals surface area (Å²) in [5.41, 5.74) is 5.89. The molecular formula is C30H32FN7O.